The van der Waals surface area contributed by atoms with Gasteiger partial charge in [0.1, 0.15) is 0 Å². The van der Waals surface area contributed by atoms with Crippen LogP contribution >= 0.6 is 0 Å². The molecular formula is C19H19NO2. The van der Waals surface area contributed by atoms with E-state index in [0.29, 0.717) is 11.1 Å². The van der Waals surface area contributed by atoms with Gasteiger partial charge < -0.3 is 0 Å². The summed E-state index contributed by atoms with van der Waals surface area (Å²) in [5.74, 6) is -0.583. The number of hydrogen-bond acceptors (Lipinski definition) is 2. The molecular weight excluding hydrogens is 274 g/mol. The van der Waals surface area contributed by atoms with Crippen molar-refractivity contribution in [2.75, 3.05) is 0 Å². The third kappa shape index (κ3) is 2.05. The van der Waals surface area contributed by atoms with E-state index in [1.54, 1.807) is 6.07 Å². The lowest BCUT2D eigenvalue weighted by Crippen LogP contribution is -2.20. The normalized spacial score (nSPS) is 13.2. The average Bonchev–Trinajstić information content (AvgIpc) is 2.81. The monoisotopic (exact) mass is 293 g/mol. The van der Waals surface area contributed by atoms with Crippen LogP contribution < -0.4 is 5.32 Å². The summed E-state index contributed by atoms with van der Waals surface area (Å²) in [4.78, 5) is 24.2. The molecule has 3 nitrogen and oxygen atoms in total. The van der Waals surface area contributed by atoms with Crippen molar-refractivity contribution in [1.82, 2.24) is 5.32 Å². The molecule has 2 aromatic rings. The van der Waals surface area contributed by atoms with Crippen LogP contribution in [0.3, 0.4) is 0 Å². The zero-order chi connectivity index (χ0) is 15.9. The van der Waals surface area contributed by atoms with Gasteiger partial charge in [-0.3, -0.25) is 14.9 Å². The van der Waals surface area contributed by atoms with Crippen LogP contribution in [0.4, 0.5) is 0 Å². The minimum absolute atomic E-state index is 0.286. The molecule has 0 radical (unpaired) electrons. The molecule has 0 fully saturated rings. The van der Waals surface area contributed by atoms with Gasteiger partial charge in [-0.05, 0) is 53.6 Å². The molecule has 3 rings (SSSR count). The van der Waals surface area contributed by atoms with Gasteiger partial charge in [-0.25, -0.2) is 0 Å². The van der Waals surface area contributed by atoms with Crippen molar-refractivity contribution >= 4 is 11.8 Å². The van der Waals surface area contributed by atoms with E-state index in [2.05, 4.69) is 37.4 Å². The fourth-order valence-corrected chi connectivity index (χ4v) is 3.25. The number of nitrogens with one attached hydrogen (secondary N) is 1. The highest BCUT2D eigenvalue weighted by Crippen LogP contribution is 2.37. The quantitative estimate of drug-likeness (QED) is 0.878. The molecule has 112 valence electrons. The average molecular weight is 293 g/mol. The van der Waals surface area contributed by atoms with Crippen LogP contribution in [0, 0.1) is 6.92 Å². The second-order valence-corrected chi connectivity index (χ2v) is 5.62. The number of hydrogen-bond donors (Lipinski definition) is 1. The first-order valence-corrected chi connectivity index (χ1v) is 7.68. The summed E-state index contributed by atoms with van der Waals surface area (Å²) in [7, 11) is 0. The Morgan fingerprint density at radius 2 is 1.45 bits per heavy atom. The van der Waals surface area contributed by atoms with Crippen LogP contribution in [0.15, 0.2) is 30.3 Å². The highest BCUT2D eigenvalue weighted by molar-refractivity contribution is 6.24. The Bertz CT molecular complexity index is 768. The van der Waals surface area contributed by atoms with Gasteiger partial charge in [-0.15, -0.1) is 0 Å². The highest BCUT2D eigenvalue weighted by Gasteiger charge is 2.31. The minimum atomic E-state index is -0.298. The van der Waals surface area contributed by atoms with Crippen LogP contribution in [-0.4, -0.2) is 11.8 Å². The lowest BCUT2D eigenvalue weighted by Gasteiger charge is -2.17. The van der Waals surface area contributed by atoms with E-state index >= 15 is 0 Å². The van der Waals surface area contributed by atoms with Gasteiger partial charge in [0, 0.05) is 0 Å². The largest absolute Gasteiger partial charge is 0.288 e. The Labute approximate surface area is 130 Å². The maximum atomic E-state index is 12.3. The lowest BCUT2D eigenvalue weighted by atomic mass is 9.85. The zero-order valence-electron chi connectivity index (χ0n) is 13.1. The molecule has 1 aliphatic heterocycles. The Balaban J connectivity index is 2.40. The molecule has 2 amide bonds. The van der Waals surface area contributed by atoms with Crippen molar-refractivity contribution in [3.05, 3.63) is 58.1 Å². The Morgan fingerprint density at radius 3 is 2.05 bits per heavy atom. The van der Waals surface area contributed by atoms with E-state index in [1.165, 1.54) is 11.1 Å². The molecule has 1 heterocycles. The van der Waals surface area contributed by atoms with Crippen molar-refractivity contribution in [2.45, 2.75) is 33.6 Å². The van der Waals surface area contributed by atoms with Crippen LogP contribution in [0.25, 0.3) is 11.1 Å². The fourth-order valence-electron chi connectivity index (χ4n) is 3.25. The number of imide groups is 1. The predicted molar refractivity (Wildman–Crippen MR) is 87.2 cm³/mol. The third-order valence-electron chi connectivity index (χ3n) is 4.36. The van der Waals surface area contributed by atoms with E-state index in [0.717, 1.165) is 29.5 Å². The van der Waals surface area contributed by atoms with E-state index < -0.39 is 0 Å². The van der Waals surface area contributed by atoms with Crippen molar-refractivity contribution in [3.63, 3.8) is 0 Å². The summed E-state index contributed by atoms with van der Waals surface area (Å²) in [5, 5.41) is 2.42. The van der Waals surface area contributed by atoms with E-state index in [-0.39, 0.29) is 11.8 Å². The summed E-state index contributed by atoms with van der Waals surface area (Å²) in [6.45, 7) is 6.22. The summed E-state index contributed by atoms with van der Waals surface area (Å²) < 4.78 is 0. The molecule has 1 N–H and O–H groups in total. The molecule has 0 unspecified atom stereocenters. The Hall–Kier alpha value is -2.42. The molecule has 0 saturated carbocycles. The van der Waals surface area contributed by atoms with Gasteiger partial charge in [0.05, 0.1) is 11.1 Å². The summed E-state index contributed by atoms with van der Waals surface area (Å²) in [5.41, 5.74) is 6.49. The Kier molecular flexibility index (Phi) is 3.57. The topological polar surface area (TPSA) is 46.2 Å². The van der Waals surface area contributed by atoms with E-state index in [9.17, 15) is 9.59 Å². The van der Waals surface area contributed by atoms with E-state index in [4.69, 9.17) is 0 Å². The smallest absolute Gasteiger partial charge is 0.259 e. The van der Waals surface area contributed by atoms with Gasteiger partial charge in [-0.1, -0.05) is 38.1 Å². The van der Waals surface area contributed by atoms with Crippen molar-refractivity contribution in [3.8, 4) is 11.1 Å². The predicted octanol–water partition coefficient (Wildman–Crippen LogP) is 3.67. The third-order valence-corrected chi connectivity index (χ3v) is 4.36. The standard InChI is InChI=1S/C19H19NO2/c1-4-12-7-6-8-13(5-2)16(12)15-11(3)9-10-14-17(15)19(22)20-18(14)21/h6-10H,4-5H2,1-3H3,(H,20,21,22). The number of benzene rings is 2. The number of carbonyl (C=O) groups excluding carboxylic acids is 2. The number of fused-ring (bicyclic) bond motifs is 1. The molecule has 0 aliphatic carbocycles. The first kappa shape index (κ1) is 14.5. The van der Waals surface area contributed by atoms with Crippen molar-refractivity contribution in [1.29, 1.82) is 0 Å². The van der Waals surface area contributed by atoms with Gasteiger partial charge in [0.25, 0.3) is 11.8 Å². The molecule has 1 aliphatic rings. The summed E-state index contributed by atoms with van der Waals surface area (Å²) in [6.07, 6.45) is 1.78. The van der Waals surface area contributed by atoms with Crippen LogP contribution in [-0.2, 0) is 12.8 Å². The number of carbonyl (C=O) groups is 2. The first-order chi connectivity index (χ1) is 10.6. The zero-order valence-corrected chi connectivity index (χ0v) is 13.1. The lowest BCUT2D eigenvalue weighted by molar-refractivity contribution is 0.0880. The number of rotatable bonds is 3. The maximum Gasteiger partial charge on any atom is 0.259 e. The highest BCUT2D eigenvalue weighted by atomic mass is 16.2. The van der Waals surface area contributed by atoms with Crippen LogP contribution in [0.1, 0.15) is 51.3 Å². The van der Waals surface area contributed by atoms with Crippen LogP contribution in [0.5, 0.6) is 0 Å². The summed E-state index contributed by atoms with van der Waals surface area (Å²) >= 11 is 0. The van der Waals surface area contributed by atoms with E-state index in [1.807, 2.05) is 13.0 Å². The summed E-state index contributed by atoms with van der Waals surface area (Å²) in [6, 6.07) is 9.93. The van der Waals surface area contributed by atoms with Gasteiger partial charge in [-0.2, -0.15) is 0 Å². The van der Waals surface area contributed by atoms with Crippen LogP contribution in [0.2, 0.25) is 0 Å². The second-order valence-electron chi connectivity index (χ2n) is 5.62. The molecule has 0 aromatic heterocycles. The SMILES string of the molecule is CCc1cccc(CC)c1-c1c(C)ccc2c1C(=O)NC2=O. The molecule has 0 bridgehead atoms. The first-order valence-electron chi connectivity index (χ1n) is 7.68. The number of amides is 2. The molecule has 0 spiro atoms. The maximum absolute atomic E-state index is 12.3. The molecule has 0 atom stereocenters. The number of aryl methyl sites for hydroxylation is 3. The fraction of sp³-hybridized carbons (Fsp3) is 0.263. The molecule has 2 aromatic carbocycles. The van der Waals surface area contributed by atoms with Gasteiger partial charge >= 0.3 is 0 Å². The minimum Gasteiger partial charge on any atom is -0.288 e. The molecule has 3 heteroatoms. The van der Waals surface area contributed by atoms with Gasteiger partial charge in [0.2, 0.25) is 0 Å². The molecule has 0 saturated heterocycles. The van der Waals surface area contributed by atoms with Gasteiger partial charge in [0.15, 0.2) is 0 Å². The van der Waals surface area contributed by atoms with Crippen molar-refractivity contribution < 1.29 is 9.59 Å². The van der Waals surface area contributed by atoms with Crippen molar-refractivity contribution in [2.24, 2.45) is 0 Å². The Morgan fingerprint density at radius 1 is 0.818 bits per heavy atom. The second kappa shape index (κ2) is 5.41. The molecule has 22 heavy (non-hydrogen) atoms.